The van der Waals surface area contributed by atoms with E-state index in [2.05, 4.69) is 15.7 Å². The molecular weight excluding hydrogens is 629 g/mol. The Morgan fingerprint density at radius 1 is 1.13 bits per heavy atom. The number of rotatable bonds is 8. The van der Waals surface area contributed by atoms with Gasteiger partial charge in [0.2, 0.25) is 0 Å². The molecule has 1 unspecified atom stereocenters. The molecule has 0 aliphatic rings. The third kappa shape index (κ3) is 7.47. The van der Waals surface area contributed by atoms with Crippen LogP contribution in [0.15, 0.2) is 60.8 Å². The maximum atomic E-state index is 13.1. The lowest BCUT2D eigenvalue weighted by Crippen LogP contribution is -2.57. The van der Waals surface area contributed by atoms with Crippen LogP contribution in [0.2, 0.25) is 0 Å². The van der Waals surface area contributed by atoms with Gasteiger partial charge in [-0.2, -0.15) is 13.9 Å². The first kappa shape index (κ1) is 29.4. The Kier molecular flexibility index (Phi) is 9.41. The third-order valence-corrected chi connectivity index (χ3v) is 6.49. The lowest BCUT2D eigenvalue weighted by molar-refractivity contribution is -0.146. The molecule has 1 heterocycles. The predicted molar refractivity (Wildman–Crippen MR) is 151 cm³/mol. The Morgan fingerprint density at radius 3 is 2.29 bits per heavy atom. The van der Waals surface area contributed by atoms with E-state index in [0.29, 0.717) is 25.1 Å². The zero-order chi connectivity index (χ0) is 28.1. The molecule has 202 valence electrons. The van der Waals surface area contributed by atoms with Gasteiger partial charge in [0.25, 0.3) is 0 Å². The van der Waals surface area contributed by atoms with E-state index in [1.54, 1.807) is 36.4 Å². The van der Waals surface area contributed by atoms with Gasteiger partial charge in [-0.3, -0.25) is 5.32 Å². The number of carbonyl (C=O) groups is 2. The number of amides is 1. The lowest BCUT2D eigenvalue weighted by atomic mass is 9.75. The third-order valence-electron chi connectivity index (χ3n) is 5.49. The van der Waals surface area contributed by atoms with Crippen molar-refractivity contribution in [2.45, 2.75) is 45.9 Å². The molecule has 38 heavy (non-hydrogen) atoms. The number of hydrogen-bond acceptors (Lipinski definition) is 5. The van der Waals surface area contributed by atoms with Crippen molar-refractivity contribution >= 4 is 52.0 Å². The normalized spacial score (nSPS) is 13.0. The Morgan fingerprint density at radius 2 is 1.76 bits per heavy atom. The summed E-state index contributed by atoms with van der Waals surface area (Å²) in [6.07, 6.45) is 0.512. The van der Waals surface area contributed by atoms with Crippen molar-refractivity contribution in [1.29, 1.82) is 0 Å². The second-order valence-electron chi connectivity index (χ2n) is 9.76. The Bertz CT molecular complexity index is 1300. The number of halogens is 3. The number of carboxylic acids is 1. The van der Waals surface area contributed by atoms with E-state index < -0.39 is 29.6 Å². The second kappa shape index (κ2) is 12.2. The smallest absolute Gasteiger partial charge is 0.413 e. The molecule has 0 aliphatic heterocycles. The van der Waals surface area contributed by atoms with Crippen molar-refractivity contribution < 1.29 is 28.2 Å². The molecule has 0 aliphatic carbocycles. The van der Waals surface area contributed by atoms with E-state index >= 15 is 0 Å². The summed E-state index contributed by atoms with van der Waals surface area (Å²) >= 11 is 7.16. The van der Waals surface area contributed by atoms with E-state index in [1.165, 1.54) is 6.20 Å². The van der Waals surface area contributed by atoms with Crippen LogP contribution in [-0.4, -0.2) is 32.1 Å². The van der Waals surface area contributed by atoms with Crippen LogP contribution in [0.5, 0.6) is 0 Å². The maximum Gasteiger partial charge on any atom is 0.413 e. The standard InChI is InChI=1S/C26H27F2IN4O4S/c1-25(2,3)15-26(21(34)35,31-23(38)30-24(36)37-14-16-7-5-4-6-8-16)18-11-9-17(10-12-18)19-13-33(22(27)28)32-20(19)29/h4-13,22H,14-15H2,1-3H3,(H,34,35)(H2,30,31,36,38). The molecule has 8 nitrogen and oxygen atoms in total. The number of ether oxygens (including phenoxy) is 1. The number of aliphatic carboxylic acids is 1. The molecule has 12 heteroatoms. The highest BCUT2D eigenvalue weighted by atomic mass is 127. The van der Waals surface area contributed by atoms with Gasteiger partial charge in [0.05, 0.1) is 0 Å². The summed E-state index contributed by atoms with van der Waals surface area (Å²) in [6.45, 7) is 2.88. The van der Waals surface area contributed by atoms with Gasteiger partial charge in [0.15, 0.2) is 10.7 Å². The molecule has 0 saturated carbocycles. The van der Waals surface area contributed by atoms with Crippen LogP contribution in [0.4, 0.5) is 13.6 Å². The Hall–Kier alpha value is -3.13. The van der Waals surface area contributed by atoms with E-state index in [0.717, 1.165) is 5.56 Å². The first-order chi connectivity index (χ1) is 17.8. The van der Waals surface area contributed by atoms with E-state index in [4.69, 9.17) is 17.0 Å². The zero-order valence-corrected chi connectivity index (χ0v) is 23.8. The number of nitrogens with one attached hydrogen (secondary N) is 2. The van der Waals surface area contributed by atoms with Gasteiger partial charge < -0.3 is 15.2 Å². The van der Waals surface area contributed by atoms with Gasteiger partial charge in [-0.05, 0) is 63.3 Å². The molecule has 1 aromatic heterocycles. The number of hydrogen-bond donors (Lipinski definition) is 3. The minimum absolute atomic E-state index is 0.0176. The van der Waals surface area contributed by atoms with Gasteiger partial charge in [0.1, 0.15) is 10.3 Å². The van der Waals surface area contributed by atoms with Gasteiger partial charge >= 0.3 is 18.6 Å². The summed E-state index contributed by atoms with van der Waals surface area (Å²) < 4.78 is 32.3. The number of alkyl halides is 2. The van der Waals surface area contributed by atoms with Crippen molar-refractivity contribution in [1.82, 2.24) is 20.4 Å². The van der Waals surface area contributed by atoms with Crippen LogP contribution in [0, 0.1) is 9.12 Å². The molecule has 3 aromatic rings. The quantitative estimate of drug-likeness (QED) is 0.200. The van der Waals surface area contributed by atoms with Crippen molar-refractivity contribution in [2.75, 3.05) is 0 Å². The summed E-state index contributed by atoms with van der Waals surface area (Å²) in [5, 5.41) is 19.2. The molecular formula is C26H27F2IN4O4S. The molecule has 3 rings (SSSR count). The van der Waals surface area contributed by atoms with Gasteiger partial charge in [-0.25, -0.2) is 14.3 Å². The summed E-state index contributed by atoms with van der Waals surface area (Å²) in [4.78, 5) is 25.1. The van der Waals surface area contributed by atoms with Crippen LogP contribution >= 0.6 is 34.8 Å². The summed E-state index contributed by atoms with van der Waals surface area (Å²) in [7, 11) is 0. The van der Waals surface area contributed by atoms with Crippen LogP contribution in [0.25, 0.3) is 11.1 Å². The fraction of sp³-hybridized carbons (Fsp3) is 0.308. The molecule has 1 amide bonds. The van der Waals surface area contributed by atoms with Crippen molar-refractivity contribution in [3.05, 3.63) is 75.6 Å². The molecule has 0 radical (unpaired) electrons. The fourth-order valence-corrected chi connectivity index (χ4v) is 4.90. The summed E-state index contributed by atoms with van der Waals surface area (Å²) in [5.74, 6) is -1.21. The first-order valence-corrected chi connectivity index (χ1v) is 13.0. The molecule has 0 fully saturated rings. The average Bonchev–Trinajstić information content (AvgIpc) is 3.24. The van der Waals surface area contributed by atoms with Crippen LogP contribution in [-0.2, 0) is 21.7 Å². The number of carboxylic acid groups (broad SMARTS) is 1. The van der Waals surface area contributed by atoms with Crippen molar-refractivity contribution in [2.24, 2.45) is 5.41 Å². The van der Waals surface area contributed by atoms with Gasteiger partial charge in [-0.15, -0.1) is 0 Å². The van der Waals surface area contributed by atoms with E-state index in [1.807, 2.05) is 61.6 Å². The summed E-state index contributed by atoms with van der Waals surface area (Å²) in [5.41, 5.74) is 0.0397. The maximum absolute atomic E-state index is 13.1. The molecule has 3 N–H and O–H groups in total. The highest BCUT2D eigenvalue weighted by Gasteiger charge is 2.44. The zero-order valence-electron chi connectivity index (χ0n) is 20.9. The number of benzene rings is 2. The number of carbonyl (C=O) groups excluding carboxylic acids is 1. The minimum atomic E-state index is -2.78. The highest BCUT2D eigenvalue weighted by Crippen LogP contribution is 2.37. The monoisotopic (exact) mass is 656 g/mol. The highest BCUT2D eigenvalue weighted by molar-refractivity contribution is 14.1. The molecule has 2 aromatic carbocycles. The topological polar surface area (TPSA) is 105 Å². The predicted octanol–water partition coefficient (Wildman–Crippen LogP) is 6.07. The second-order valence-corrected chi connectivity index (χ2v) is 11.2. The van der Waals surface area contributed by atoms with Crippen LogP contribution < -0.4 is 10.6 Å². The SMILES string of the molecule is CC(C)(C)CC(NC(=S)NC(=O)OCc1ccccc1)(C(=O)O)c1ccc(-c2cn(C(F)F)nc2I)cc1. The van der Waals surface area contributed by atoms with Crippen LogP contribution in [0.3, 0.4) is 0 Å². The first-order valence-electron chi connectivity index (χ1n) is 11.5. The number of thiocarbonyl (C=S) groups is 1. The largest absolute Gasteiger partial charge is 0.479 e. The van der Waals surface area contributed by atoms with Gasteiger partial charge in [0, 0.05) is 11.8 Å². The molecule has 0 saturated heterocycles. The number of alkyl carbamates (subject to hydrolysis) is 1. The lowest BCUT2D eigenvalue weighted by Gasteiger charge is -2.37. The average molecular weight is 656 g/mol. The number of nitrogens with zero attached hydrogens (tertiary/aromatic N) is 2. The molecule has 1 atom stereocenters. The summed E-state index contributed by atoms with van der Waals surface area (Å²) in [6, 6.07) is 15.5. The van der Waals surface area contributed by atoms with Gasteiger partial charge in [-0.1, -0.05) is 75.4 Å². The van der Waals surface area contributed by atoms with Crippen molar-refractivity contribution in [3.8, 4) is 11.1 Å². The molecule has 0 bridgehead atoms. The Balaban J connectivity index is 1.85. The molecule has 0 spiro atoms. The van der Waals surface area contributed by atoms with Crippen LogP contribution in [0.1, 0.15) is 44.9 Å². The Labute approximate surface area is 237 Å². The van der Waals surface area contributed by atoms with E-state index in [9.17, 15) is 23.5 Å². The van der Waals surface area contributed by atoms with Crippen molar-refractivity contribution in [3.63, 3.8) is 0 Å². The number of aromatic nitrogens is 2. The fourth-order valence-electron chi connectivity index (χ4n) is 3.94. The van der Waals surface area contributed by atoms with E-state index in [-0.39, 0.29) is 18.1 Å². The minimum Gasteiger partial charge on any atom is -0.479 e.